The first kappa shape index (κ1) is 33.6. The van der Waals surface area contributed by atoms with E-state index in [2.05, 4.69) is 22.5 Å². The average molecular weight is 624 g/mol. The van der Waals surface area contributed by atoms with E-state index < -0.39 is 63.2 Å². The molecule has 0 radical (unpaired) electrons. The first-order chi connectivity index (χ1) is 20.0. The SMILES string of the molecule is C=Cc1ccc(S(=O)(=O)C[C@@H]2CCCC[C@@H]2NC(=O)CNC(=O)c2cc(C(F)(F)F)ccc2NC(=O)OC(C)(C)C)cc1. The minimum absolute atomic E-state index is 0.165. The maximum absolute atomic E-state index is 13.4. The Bertz CT molecular complexity index is 1450. The van der Waals surface area contributed by atoms with Gasteiger partial charge in [0.15, 0.2) is 9.84 Å². The zero-order valence-electron chi connectivity index (χ0n) is 24.2. The Balaban J connectivity index is 1.68. The fraction of sp³-hybridized carbons (Fsp3) is 0.433. The minimum atomic E-state index is -4.76. The zero-order valence-corrected chi connectivity index (χ0v) is 25.0. The second kappa shape index (κ2) is 13.6. The molecule has 0 unspecified atom stereocenters. The first-order valence-corrected chi connectivity index (χ1v) is 15.4. The molecule has 0 aromatic heterocycles. The molecule has 234 valence electrons. The van der Waals surface area contributed by atoms with Crippen molar-refractivity contribution in [1.29, 1.82) is 0 Å². The van der Waals surface area contributed by atoms with Gasteiger partial charge in [0.2, 0.25) is 5.91 Å². The number of rotatable bonds is 9. The average Bonchev–Trinajstić information content (AvgIpc) is 2.91. The molecule has 0 aliphatic heterocycles. The number of ether oxygens (including phenoxy) is 1. The number of nitrogens with one attached hydrogen (secondary N) is 3. The lowest BCUT2D eigenvalue weighted by molar-refractivity contribution is -0.137. The molecule has 3 amide bonds. The molecule has 9 nitrogen and oxygen atoms in total. The van der Waals surface area contributed by atoms with Crippen LogP contribution in [-0.2, 0) is 25.5 Å². The molecule has 2 aromatic carbocycles. The summed E-state index contributed by atoms with van der Waals surface area (Å²) in [6.45, 7) is 7.86. The molecular weight excluding hydrogens is 587 g/mol. The van der Waals surface area contributed by atoms with E-state index in [4.69, 9.17) is 4.74 Å². The van der Waals surface area contributed by atoms with E-state index in [-0.39, 0.29) is 22.3 Å². The van der Waals surface area contributed by atoms with E-state index in [1.165, 1.54) is 12.1 Å². The van der Waals surface area contributed by atoms with E-state index in [1.807, 2.05) is 0 Å². The van der Waals surface area contributed by atoms with Gasteiger partial charge in [0.05, 0.1) is 34.0 Å². The van der Waals surface area contributed by atoms with Gasteiger partial charge in [-0.25, -0.2) is 13.2 Å². The number of hydrogen-bond acceptors (Lipinski definition) is 6. The Kier molecular flexibility index (Phi) is 10.7. The van der Waals surface area contributed by atoms with Crippen LogP contribution in [0.15, 0.2) is 53.9 Å². The van der Waals surface area contributed by atoms with Gasteiger partial charge in [-0.3, -0.25) is 14.9 Å². The Labute approximate surface area is 249 Å². The molecular formula is C30H36F3N3O6S. The van der Waals surface area contributed by atoms with Crippen LogP contribution in [0, 0.1) is 5.92 Å². The second-order valence-corrected chi connectivity index (χ2v) is 13.4. The summed E-state index contributed by atoms with van der Waals surface area (Å²) < 4.78 is 71.4. The van der Waals surface area contributed by atoms with E-state index in [9.17, 15) is 36.0 Å². The summed E-state index contributed by atoms with van der Waals surface area (Å²) in [5, 5.41) is 7.34. The summed E-state index contributed by atoms with van der Waals surface area (Å²) in [6, 6.07) is 8.07. The summed E-state index contributed by atoms with van der Waals surface area (Å²) in [5.74, 6) is -2.21. The number of carbonyl (C=O) groups is 3. The summed E-state index contributed by atoms with van der Waals surface area (Å²) >= 11 is 0. The summed E-state index contributed by atoms with van der Waals surface area (Å²) in [7, 11) is -3.65. The van der Waals surface area contributed by atoms with Crippen molar-refractivity contribution in [3.05, 3.63) is 65.7 Å². The Morgan fingerprint density at radius 2 is 1.67 bits per heavy atom. The number of hydrogen-bond donors (Lipinski definition) is 3. The van der Waals surface area contributed by atoms with Crippen LogP contribution < -0.4 is 16.0 Å². The molecule has 43 heavy (non-hydrogen) atoms. The zero-order chi connectivity index (χ0) is 32.0. The maximum Gasteiger partial charge on any atom is 0.416 e. The molecule has 1 aliphatic carbocycles. The molecule has 3 N–H and O–H groups in total. The van der Waals surface area contributed by atoms with Crippen LogP contribution in [0.1, 0.15) is 67.9 Å². The standard InChI is InChI=1S/C30H36F3N3O6S/c1-5-19-10-13-22(14-11-19)43(40,41)18-20-8-6-7-9-24(20)35-26(37)17-34-27(38)23-16-21(30(31,32)33)12-15-25(23)36-28(39)42-29(2,3)4/h5,10-16,20,24H,1,6-9,17-18H2,2-4H3,(H,34,38)(H,35,37)(H,36,39)/t20-,24-/m0/s1. The Hall–Kier alpha value is -3.87. The van der Waals surface area contributed by atoms with Gasteiger partial charge in [0.25, 0.3) is 5.91 Å². The third-order valence-electron chi connectivity index (χ3n) is 6.80. The lowest BCUT2D eigenvalue weighted by Crippen LogP contribution is -2.47. The predicted octanol–water partition coefficient (Wildman–Crippen LogP) is 5.57. The highest BCUT2D eigenvalue weighted by atomic mass is 32.2. The number of sulfone groups is 1. The molecule has 2 aromatic rings. The van der Waals surface area contributed by atoms with Crippen molar-refractivity contribution in [2.24, 2.45) is 5.92 Å². The largest absolute Gasteiger partial charge is 0.444 e. The number of benzene rings is 2. The van der Waals surface area contributed by atoms with Crippen LogP contribution in [0.5, 0.6) is 0 Å². The predicted molar refractivity (Wildman–Crippen MR) is 156 cm³/mol. The summed E-state index contributed by atoms with van der Waals surface area (Å²) in [6.07, 6.45) is -1.46. The Morgan fingerprint density at radius 3 is 2.28 bits per heavy atom. The number of amides is 3. The van der Waals surface area contributed by atoms with Crippen LogP contribution in [0.2, 0.25) is 0 Å². The first-order valence-electron chi connectivity index (χ1n) is 13.7. The summed E-state index contributed by atoms with van der Waals surface area (Å²) in [5.41, 5.74) is -2.00. The second-order valence-electron chi connectivity index (χ2n) is 11.3. The molecule has 2 atom stereocenters. The van der Waals surface area contributed by atoms with Gasteiger partial charge < -0.3 is 15.4 Å². The fourth-order valence-electron chi connectivity index (χ4n) is 4.73. The van der Waals surface area contributed by atoms with Gasteiger partial charge in [-0.05, 0) is 75.4 Å². The molecule has 0 heterocycles. The van der Waals surface area contributed by atoms with Gasteiger partial charge in [0, 0.05) is 6.04 Å². The van der Waals surface area contributed by atoms with Crippen molar-refractivity contribution in [3.63, 3.8) is 0 Å². The van der Waals surface area contributed by atoms with Gasteiger partial charge >= 0.3 is 12.3 Å². The molecule has 0 spiro atoms. The summed E-state index contributed by atoms with van der Waals surface area (Å²) in [4.78, 5) is 38.1. The van der Waals surface area contributed by atoms with Crippen molar-refractivity contribution in [2.75, 3.05) is 17.6 Å². The van der Waals surface area contributed by atoms with E-state index in [0.717, 1.165) is 24.5 Å². The van der Waals surface area contributed by atoms with Crippen molar-refractivity contribution in [2.45, 2.75) is 69.2 Å². The van der Waals surface area contributed by atoms with Crippen LogP contribution in [0.4, 0.5) is 23.7 Å². The van der Waals surface area contributed by atoms with Crippen LogP contribution in [-0.4, -0.2) is 50.3 Å². The Morgan fingerprint density at radius 1 is 1.02 bits per heavy atom. The number of alkyl halides is 3. The molecule has 1 fully saturated rings. The van der Waals surface area contributed by atoms with Gasteiger partial charge in [-0.1, -0.05) is 37.6 Å². The third-order valence-corrected chi connectivity index (χ3v) is 8.66. The van der Waals surface area contributed by atoms with Crippen LogP contribution in [0.3, 0.4) is 0 Å². The molecule has 0 bridgehead atoms. The highest BCUT2D eigenvalue weighted by molar-refractivity contribution is 7.91. The van der Waals surface area contributed by atoms with Crippen molar-refractivity contribution < 1.29 is 40.7 Å². The van der Waals surface area contributed by atoms with E-state index in [0.29, 0.717) is 25.0 Å². The van der Waals surface area contributed by atoms with Gasteiger partial charge in [0.1, 0.15) is 5.60 Å². The quantitative estimate of drug-likeness (QED) is 0.335. The fourth-order valence-corrected chi connectivity index (χ4v) is 6.44. The highest BCUT2D eigenvalue weighted by Gasteiger charge is 2.33. The molecule has 0 saturated heterocycles. The van der Waals surface area contributed by atoms with Crippen molar-refractivity contribution in [3.8, 4) is 0 Å². The minimum Gasteiger partial charge on any atom is -0.444 e. The van der Waals surface area contributed by atoms with E-state index >= 15 is 0 Å². The molecule has 1 aliphatic rings. The monoisotopic (exact) mass is 623 g/mol. The van der Waals surface area contributed by atoms with Gasteiger partial charge in [-0.15, -0.1) is 0 Å². The number of carbonyl (C=O) groups excluding carboxylic acids is 3. The normalized spacial score (nSPS) is 17.4. The molecule has 1 saturated carbocycles. The third kappa shape index (κ3) is 9.84. The molecule has 3 rings (SSSR count). The maximum atomic E-state index is 13.4. The lowest BCUT2D eigenvalue weighted by atomic mass is 9.86. The topological polar surface area (TPSA) is 131 Å². The van der Waals surface area contributed by atoms with Crippen molar-refractivity contribution >= 4 is 39.5 Å². The van der Waals surface area contributed by atoms with Crippen molar-refractivity contribution in [1.82, 2.24) is 10.6 Å². The highest BCUT2D eigenvalue weighted by Crippen LogP contribution is 2.32. The lowest BCUT2D eigenvalue weighted by Gasteiger charge is -2.32. The smallest absolute Gasteiger partial charge is 0.416 e. The number of anilines is 1. The number of halogens is 3. The van der Waals surface area contributed by atoms with Crippen LogP contribution in [0.25, 0.3) is 6.08 Å². The van der Waals surface area contributed by atoms with E-state index in [1.54, 1.807) is 39.0 Å². The van der Waals surface area contributed by atoms with Crippen LogP contribution >= 0.6 is 0 Å². The molecule has 13 heteroatoms. The van der Waals surface area contributed by atoms with Gasteiger partial charge in [-0.2, -0.15) is 13.2 Å².